The van der Waals surface area contributed by atoms with E-state index in [1.165, 1.54) is 12.1 Å². The molecule has 0 aliphatic heterocycles. The third kappa shape index (κ3) is 4.81. The second-order valence-corrected chi connectivity index (χ2v) is 7.20. The predicted octanol–water partition coefficient (Wildman–Crippen LogP) is -0.141. The van der Waals surface area contributed by atoms with Crippen LogP contribution in [0.4, 0.5) is 14.6 Å². The van der Waals surface area contributed by atoms with E-state index in [0.29, 0.717) is 21.3 Å². The zero-order valence-corrected chi connectivity index (χ0v) is 17.7. The molecule has 0 unspecified atom stereocenters. The molecule has 0 amide bonds. The number of rotatable bonds is 6. The second-order valence-electron chi connectivity index (χ2n) is 5.28. The number of thiazole rings is 1. The van der Waals surface area contributed by atoms with Gasteiger partial charge in [-0.1, -0.05) is 35.2 Å². The number of aliphatic hydroxyl groups excluding tert-OH is 1. The molecule has 0 saturated carbocycles. The number of nitrogens with zero attached hydrogens (tertiary/aromatic N) is 2. The fourth-order valence-corrected chi connectivity index (χ4v) is 3.62. The maximum Gasteiger partial charge on any atom is 1.00 e. The number of halogens is 2. The fraction of sp³-hybridized carbons (Fsp3) is 0.267. The van der Waals surface area contributed by atoms with Gasteiger partial charge in [0, 0.05) is 17.4 Å². The summed E-state index contributed by atoms with van der Waals surface area (Å²) in [5.41, 5.74) is 0.561. The van der Waals surface area contributed by atoms with E-state index in [4.69, 9.17) is 0 Å². The third-order valence-corrected chi connectivity index (χ3v) is 5.08. The molecule has 0 fully saturated rings. The summed E-state index contributed by atoms with van der Waals surface area (Å²) in [6.07, 6.45) is 0. The number of hydrogen-bond acceptors (Lipinski definition) is 7. The quantitative estimate of drug-likeness (QED) is 0.299. The molecule has 3 N–H and O–H groups in total. The van der Waals surface area contributed by atoms with Crippen molar-refractivity contribution in [2.75, 3.05) is 11.9 Å². The van der Waals surface area contributed by atoms with Crippen molar-refractivity contribution in [3.8, 4) is 0 Å². The molecule has 3 rings (SSSR count). The molecule has 26 heavy (non-hydrogen) atoms. The third-order valence-electron chi connectivity index (χ3n) is 3.31. The number of fused-ring (bicyclic) bond motifs is 1. The first-order valence-electron chi connectivity index (χ1n) is 7.32. The summed E-state index contributed by atoms with van der Waals surface area (Å²) in [7, 11) is 0. The molecule has 1 atom stereocenters. The molecule has 0 bridgehead atoms. The van der Waals surface area contributed by atoms with Crippen molar-refractivity contribution in [1.82, 2.24) is 15.0 Å². The molecule has 6 nitrogen and oxygen atoms in total. The van der Waals surface area contributed by atoms with Crippen LogP contribution in [0.3, 0.4) is 0 Å². The number of H-pyrrole nitrogens is 1. The van der Waals surface area contributed by atoms with Crippen LogP contribution in [0.5, 0.6) is 0 Å². The SMILES string of the molecule is C[C@H](CO)Nc1nc(SCc2cccc(F)c2F)nc2[nH]c(=O)sc12.[H-].[Na+]. The average molecular weight is 408 g/mol. The number of aromatic nitrogens is 3. The number of nitrogens with one attached hydrogen (secondary N) is 2. The summed E-state index contributed by atoms with van der Waals surface area (Å²) >= 11 is 2.08. The zero-order chi connectivity index (χ0) is 18.0. The van der Waals surface area contributed by atoms with E-state index in [2.05, 4.69) is 20.3 Å². The Labute approximate surface area is 179 Å². The standard InChI is InChI=1S/C15H14F2N4O2S2.Na.H/c1-7(5-22)18-12-11-13(21-15(23)25-11)20-14(19-12)24-6-8-3-2-4-9(16)10(8)17;;/h2-4,7,22H,5-6H2,1H3,(H2,18,19,20,21,23);;/q;+1;-1/t7-;;/m1../s1. The van der Waals surface area contributed by atoms with Gasteiger partial charge in [0.25, 0.3) is 0 Å². The number of aromatic amines is 1. The molecule has 0 radical (unpaired) electrons. The summed E-state index contributed by atoms with van der Waals surface area (Å²) in [6.45, 7) is 1.65. The van der Waals surface area contributed by atoms with Crippen LogP contribution in [-0.2, 0) is 5.75 Å². The first-order valence-corrected chi connectivity index (χ1v) is 9.12. The van der Waals surface area contributed by atoms with Crippen LogP contribution in [0.25, 0.3) is 10.3 Å². The summed E-state index contributed by atoms with van der Waals surface area (Å²) in [6, 6.07) is 3.71. The van der Waals surface area contributed by atoms with Crippen LogP contribution in [0.1, 0.15) is 13.9 Å². The van der Waals surface area contributed by atoms with E-state index in [1.54, 1.807) is 6.92 Å². The molecule has 0 spiro atoms. The molecule has 0 saturated heterocycles. The number of benzene rings is 1. The van der Waals surface area contributed by atoms with Gasteiger partial charge in [0.05, 0.1) is 6.61 Å². The Morgan fingerprint density at radius 2 is 2.19 bits per heavy atom. The Kier molecular flexibility index (Phi) is 7.56. The molecular weight excluding hydrogens is 393 g/mol. The normalized spacial score (nSPS) is 12.0. The minimum absolute atomic E-state index is 0. The van der Waals surface area contributed by atoms with Crippen LogP contribution in [0.2, 0.25) is 0 Å². The largest absolute Gasteiger partial charge is 1.00 e. The van der Waals surface area contributed by atoms with E-state index < -0.39 is 11.6 Å². The molecule has 1 aromatic carbocycles. The first kappa shape index (κ1) is 21.3. The number of thioether (sulfide) groups is 1. The average Bonchev–Trinajstić information content (AvgIpc) is 2.96. The van der Waals surface area contributed by atoms with E-state index in [-0.39, 0.29) is 59.8 Å². The molecule has 2 aromatic heterocycles. The topological polar surface area (TPSA) is 90.9 Å². The molecule has 11 heteroatoms. The van der Waals surface area contributed by atoms with Crippen molar-refractivity contribution in [2.24, 2.45) is 0 Å². The van der Waals surface area contributed by atoms with Gasteiger partial charge in [0.2, 0.25) is 0 Å². The molecular formula is C15H15F2N4NaO2S2. The van der Waals surface area contributed by atoms with Crippen molar-refractivity contribution in [3.63, 3.8) is 0 Å². The molecule has 3 aromatic rings. The summed E-state index contributed by atoms with van der Waals surface area (Å²) in [5, 5.41) is 12.5. The maximum absolute atomic E-state index is 13.7. The van der Waals surface area contributed by atoms with Gasteiger partial charge in [-0.15, -0.1) is 0 Å². The van der Waals surface area contributed by atoms with Crippen LogP contribution >= 0.6 is 23.1 Å². The van der Waals surface area contributed by atoms with Crippen molar-refractivity contribution < 1.29 is 44.9 Å². The molecule has 0 aliphatic rings. The van der Waals surface area contributed by atoms with Crippen molar-refractivity contribution in [1.29, 1.82) is 0 Å². The smallest absolute Gasteiger partial charge is 1.00 e. The second kappa shape index (κ2) is 9.25. The van der Waals surface area contributed by atoms with E-state index in [9.17, 15) is 18.7 Å². The van der Waals surface area contributed by atoms with Gasteiger partial charge in [-0.05, 0) is 13.0 Å². The molecule has 0 aliphatic carbocycles. The fourth-order valence-electron chi connectivity index (χ4n) is 2.07. The predicted molar refractivity (Wildman–Crippen MR) is 95.2 cm³/mol. The zero-order valence-electron chi connectivity index (χ0n) is 15.0. The molecule has 2 heterocycles. The van der Waals surface area contributed by atoms with Crippen molar-refractivity contribution in [2.45, 2.75) is 23.9 Å². The van der Waals surface area contributed by atoms with Crippen LogP contribution in [0, 0.1) is 11.6 Å². The Morgan fingerprint density at radius 3 is 2.92 bits per heavy atom. The Balaban J connectivity index is 0.00000182. The van der Waals surface area contributed by atoms with Gasteiger partial charge in [-0.25, -0.2) is 18.7 Å². The van der Waals surface area contributed by atoms with E-state index in [0.717, 1.165) is 29.2 Å². The monoisotopic (exact) mass is 408 g/mol. The Morgan fingerprint density at radius 1 is 1.42 bits per heavy atom. The van der Waals surface area contributed by atoms with Gasteiger partial charge in [0.1, 0.15) is 4.70 Å². The summed E-state index contributed by atoms with van der Waals surface area (Å²) in [4.78, 5) is 22.5. The summed E-state index contributed by atoms with van der Waals surface area (Å²) < 4.78 is 27.6. The minimum Gasteiger partial charge on any atom is -1.00 e. The molecule has 134 valence electrons. The van der Waals surface area contributed by atoms with Gasteiger partial charge in [-0.2, -0.15) is 0 Å². The van der Waals surface area contributed by atoms with Crippen molar-refractivity contribution >= 4 is 39.3 Å². The van der Waals surface area contributed by atoms with E-state index in [1.807, 2.05) is 0 Å². The number of anilines is 1. The Bertz CT molecular complexity index is 973. The first-order chi connectivity index (χ1) is 12.0. The van der Waals surface area contributed by atoms with Crippen LogP contribution < -0.4 is 39.7 Å². The van der Waals surface area contributed by atoms with Gasteiger partial charge in [0.15, 0.2) is 28.3 Å². The Hall–Kier alpha value is -1.04. The van der Waals surface area contributed by atoms with E-state index >= 15 is 0 Å². The van der Waals surface area contributed by atoms with Gasteiger partial charge < -0.3 is 11.8 Å². The number of hydrogen-bond donors (Lipinski definition) is 3. The minimum atomic E-state index is -0.907. The summed E-state index contributed by atoms with van der Waals surface area (Å²) in [5.74, 6) is -1.25. The van der Waals surface area contributed by atoms with Gasteiger partial charge >= 0.3 is 34.4 Å². The van der Waals surface area contributed by atoms with Crippen molar-refractivity contribution in [3.05, 3.63) is 45.1 Å². The van der Waals surface area contributed by atoms with Crippen LogP contribution in [-0.4, -0.2) is 32.7 Å². The maximum atomic E-state index is 13.7. The number of aliphatic hydroxyl groups is 1. The van der Waals surface area contributed by atoms with Gasteiger partial charge in [-0.3, -0.25) is 9.78 Å². The van der Waals surface area contributed by atoms with Crippen LogP contribution in [0.15, 0.2) is 28.2 Å².